The molecule has 1 aromatic rings. The molecule has 1 aliphatic carbocycles. The maximum absolute atomic E-state index is 12.8. The van der Waals surface area contributed by atoms with E-state index in [2.05, 4.69) is 0 Å². The minimum absolute atomic E-state index is 0.0343. The molecule has 0 radical (unpaired) electrons. The number of hydrogen-bond donors (Lipinski definition) is 0. The lowest BCUT2D eigenvalue weighted by Gasteiger charge is -2.32. The zero-order valence-electron chi connectivity index (χ0n) is 14.4. The summed E-state index contributed by atoms with van der Waals surface area (Å²) in [6.07, 6.45) is 8.68. The molecule has 1 aromatic carbocycles. The van der Waals surface area contributed by atoms with E-state index in [0.29, 0.717) is 6.04 Å². The minimum atomic E-state index is -0.313. The second-order valence-electron chi connectivity index (χ2n) is 6.38. The van der Waals surface area contributed by atoms with Gasteiger partial charge in [0, 0.05) is 26.2 Å². The standard InChI is InChI=1S/C19H25FN2O2/c1-21(14-19(24)22(2)17-6-4-3-5-7-17)18(23)13-10-15-8-11-16(20)12-9-15/h8-13,17H,3-7,14H2,1-2H3/b13-10+. The molecule has 0 atom stereocenters. The van der Waals surface area contributed by atoms with Crippen molar-refractivity contribution in [1.82, 2.24) is 9.80 Å². The first-order valence-electron chi connectivity index (χ1n) is 8.42. The number of carbonyl (C=O) groups is 2. The highest BCUT2D eigenvalue weighted by atomic mass is 19.1. The van der Waals surface area contributed by atoms with Crippen LogP contribution >= 0.6 is 0 Å². The lowest BCUT2D eigenvalue weighted by molar-refractivity contribution is -0.138. The molecule has 4 nitrogen and oxygen atoms in total. The predicted octanol–water partition coefficient (Wildman–Crippen LogP) is 3.09. The number of halogens is 1. The third-order valence-corrected chi connectivity index (χ3v) is 4.55. The first kappa shape index (κ1) is 18.2. The number of likely N-dealkylation sites (N-methyl/N-ethyl adjacent to an activating group) is 2. The van der Waals surface area contributed by atoms with Crippen LogP contribution in [0.5, 0.6) is 0 Å². The van der Waals surface area contributed by atoms with Crippen LogP contribution in [0.2, 0.25) is 0 Å². The van der Waals surface area contributed by atoms with Crippen LogP contribution in [0.15, 0.2) is 30.3 Å². The van der Waals surface area contributed by atoms with Gasteiger partial charge in [0.05, 0.1) is 6.54 Å². The molecule has 0 aliphatic heterocycles. The van der Waals surface area contributed by atoms with Crippen molar-refractivity contribution < 1.29 is 14.0 Å². The summed E-state index contributed by atoms with van der Waals surface area (Å²) in [6, 6.07) is 6.18. The molecule has 2 rings (SSSR count). The van der Waals surface area contributed by atoms with Gasteiger partial charge in [-0.25, -0.2) is 4.39 Å². The van der Waals surface area contributed by atoms with Crippen molar-refractivity contribution >= 4 is 17.9 Å². The molecule has 5 heteroatoms. The van der Waals surface area contributed by atoms with Gasteiger partial charge in [0.15, 0.2) is 0 Å². The average Bonchev–Trinajstić information content (AvgIpc) is 2.60. The number of benzene rings is 1. The molecule has 24 heavy (non-hydrogen) atoms. The third kappa shape index (κ3) is 5.18. The first-order chi connectivity index (χ1) is 11.5. The minimum Gasteiger partial charge on any atom is -0.341 e. The molecule has 0 spiro atoms. The summed E-state index contributed by atoms with van der Waals surface area (Å²) < 4.78 is 12.8. The molecular weight excluding hydrogens is 307 g/mol. The summed E-state index contributed by atoms with van der Waals surface area (Å²) in [5, 5.41) is 0. The Labute approximate surface area is 142 Å². The molecule has 0 bridgehead atoms. The number of nitrogens with zero attached hydrogens (tertiary/aromatic N) is 2. The normalized spacial score (nSPS) is 15.5. The highest BCUT2D eigenvalue weighted by Crippen LogP contribution is 2.21. The van der Waals surface area contributed by atoms with E-state index in [1.165, 1.54) is 29.5 Å². The van der Waals surface area contributed by atoms with E-state index in [9.17, 15) is 14.0 Å². The monoisotopic (exact) mass is 332 g/mol. The van der Waals surface area contributed by atoms with Gasteiger partial charge in [-0.05, 0) is 36.6 Å². The van der Waals surface area contributed by atoms with Gasteiger partial charge in [0.1, 0.15) is 5.82 Å². The van der Waals surface area contributed by atoms with Crippen molar-refractivity contribution in [2.24, 2.45) is 0 Å². The van der Waals surface area contributed by atoms with Crippen molar-refractivity contribution in [1.29, 1.82) is 0 Å². The molecule has 1 saturated carbocycles. The fraction of sp³-hybridized carbons (Fsp3) is 0.474. The second kappa shape index (κ2) is 8.62. The lowest BCUT2D eigenvalue weighted by Crippen LogP contribution is -2.44. The van der Waals surface area contributed by atoms with E-state index in [1.807, 2.05) is 7.05 Å². The Morgan fingerprint density at radius 3 is 2.38 bits per heavy atom. The summed E-state index contributed by atoms with van der Waals surface area (Å²) >= 11 is 0. The Bertz CT molecular complexity index is 592. The van der Waals surface area contributed by atoms with Gasteiger partial charge >= 0.3 is 0 Å². The first-order valence-corrected chi connectivity index (χ1v) is 8.42. The third-order valence-electron chi connectivity index (χ3n) is 4.55. The van der Waals surface area contributed by atoms with Crippen LogP contribution in [0, 0.1) is 5.82 Å². The highest BCUT2D eigenvalue weighted by molar-refractivity contribution is 5.94. The van der Waals surface area contributed by atoms with E-state index < -0.39 is 0 Å². The van der Waals surface area contributed by atoms with E-state index in [-0.39, 0.29) is 24.2 Å². The molecule has 1 fully saturated rings. The zero-order chi connectivity index (χ0) is 17.5. The van der Waals surface area contributed by atoms with Crippen LogP contribution in [0.1, 0.15) is 37.7 Å². The van der Waals surface area contributed by atoms with Gasteiger partial charge in [0.25, 0.3) is 0 Å². The van der Waals surface area contributed by atoms with Crippen LogP contribution in [0.4, 0.5) is 4.39 Å². The fourth-order valence-corrected chi connectivity index (χ4v) is 2.93. The van der Waals surface area contributed by atoms with Gasteiger partial charge in [-0.1, -0.05) is 31.4 Å². The number of hydrogen-bond acceptors (Lipinski definition) is 2. The van der Waals surface area contributed by atoms with E-state index >= 15 is 0 Å². The average molecular weight is 332 g/mol. The molecule has 0 aromatic heterocycles. The number of carbonyl (C=O) groups excluding carboxylic acids is 2. The van der Waals surface area contributed by atoms with Gasteiger partial charge < -0.3 is 9.80 Å². The summed E-state index contributed by atoms with van der Waals surface area (Å²) in [6.45, 7) is 0.0690. The molecule has 0 heterocycles. The summed E-state index contributed by atoms with van der Waals surface area (Å²) in [5.41, 5.74) is 0.740. The quantitative estimate of drug-likeness (QED) is 0.778. The van der Waals surface area contributed by atoms with Crippen molar-refractivity contribution in [2.75, 3.05) is 20.6 Å². The van der Waals surface area contributed by atoms with Crippen molar-refractivity contribution in [3.63, 3.8) is 0 Å². The van der Waals surface area contributed by atoms with Gasteiger partial charge in [-0.15, -0.1) is 0 Å². The number of rotatable bonds is 5. The van der Waals surface area contributed by atoms with Crippen LogP contribution < -0.4 is 0 Å². The Morgan fingerprint density at radius 2 is 1.75 bits per heavy atom. The second-order valence-corrected chi connectivity index (χ2v) is 6.38. The molecule has 0 N–H and O–H groups in total. The highest BCUT2D eigenvalue weighted by Gasteiger charge is 2.23. The molecule has 0 saturated heterocycles. The zero-order valence-corrected chi connectivity index (χ0v) is 14.4. The smallest absolute Gasteiger partial charge is 0.246 e. The molecule has 2 amide bonds. The van der Waals surface area contributed by atoms with Crippen molar-refractivity contribution in [3.8, 4) is 0 Å². The summed E-state index contributed by atoms with van der Waals surface area (Å²) in [7, 11) is 3.44. The Balaban J connectivity index is 1.85. The van der Waals surface area contributed by atoms with Crippen LogP contribution in [0.25, 0.3) is 6.08 Å². The molecule has 1 aliphatic rings. The van der Waals surface area contributed by atoms with E-state index in [4.69, 9.17) is 0 Å². The molecule has 0 unspecified atom stereocenters. The lowest BCUT2D eigenvalue weighted by atomic mass is 9.94. The van der Waals surface area contributed by atoms with E-state index in [1.54, 1.807) is 30.2 Å². The van der Waals surface area contributed by atoms with Crippen molar-refractivity contribution in [2.45, 2.75) is 38.1 Å². The van der Waals surface area contributed by atoms with E-state index in [0.717, 1.165) is 31.2 Å². The fourth-order valence-electron chi connectivity index (χ4n) is 2.93. The van der Waals surface area contributed by atoms with Crippen LogP contribution in [-0.4, -0.2) is 48.3 Å². The summed E-state index contributed by atoms with van der Waals surface area (Å²) in [4.78, 5) is 27.6. The molecular formula is C19H25FN2O2. The number of amides is 2. The SMILES string of the molecule is CN(CC(=O)N(C)C1CCCCC1)C(=O)/C=C/c1ccc(F)cc1. The van der Waals surface area contributed by atoms with Gasteiger partial charge in [-0.3, -0.25) is 9.59 Å². The van der Waals surface area contributed by atoms with Crippen molar-refractivity contribution in [3.05, 3.63) is 41.7 Å². The maximum Gasteiger partial charge on any atom is 0.246 e. The topological polar surface area (TPSA) is 40.6 Å². The summed E-state index contributed by atoms with van der Waals surface area (Å²) in [5.74, 6) is -0.593. The maximum atomic E-state index is 12.8. The largest absolute Gasteiger partial charge is 0.341 e. The Kier molecular flexibility index (Phi) is 6.53. The Hall–Kier alpha value is -2.17. The van der Waals surface area contributed by atoms with Crippen LogP contribution in [0.3, 0.4) is 0 Å². The molecule has 130 valence electrons. The Morgan fingerprint density at radius 1 is 1.12 bits per heavy atom. The van der Waals surface area contributed by atoms with Gasteiger partial charge in [-0.2, -0.15) is 0 Å². The predicted molar refractivity (Wildman–Crippen MR) is 92.7 cm³/mol. The van der Waals surface area contributed by atoms with Crippen LogP contribution in [-0.2, 0) is 9.59 Å². The van der Waals surface area contributed by atoms with Gasteiger partial charge in [0.2, 0.25) is 11.8 Å².